The van der Waals surface area contributed by atoms with Gasteiger partial charge in [0, 0.05) is 33.0 Å². The van der Waals surface area contributed by atoms with E-state index in [2.05, 4.69) is 0 Å². The van der Waals surface area contributed by atoms with Crippen LogP contribution in [-0.2, 0) is 18.4 Å². The number of carbonyl (C=O) groups excluding carboxylic acids is 2. The Morgan fingerprint density at radius 2 is 1.62 bits per heavy atom. The number of aliphatic hydroxyl groups excluding tert-OH is 1. The average Bonchev–Trinajstić information content (AvgIpc) is 1.81. The smallest absolute Gasteiger partial charge is 0.463 e. The van der Waals surface area contributed by atoms with Gasteiger partial charge in [0.1, 0.15) is 0 Å². The lowest BCUT2D eigenvalue weighted by Gasteiger charge is -2.23. The standard InChI is InChI=1S/C7H14O5Si/c1-6(9)11-13(3,5-4-8)12-7(2)10/h8H,4-5H2,1-3H3. The lowest BCUT2D eigenvalue weighted by molar-refractivity contribution is -0.138. The molecule has 13 heavy (non-hydrogen) atoms. The first kappa shape index (κ1) is 12.1. The molecule has 1 N–H and O–H groups in total. The van der Waals surface area contributed by atoms with Crippen LogP contribution < -0.4 is 0 Å². The van der Waals surface area contributed by atoms with Crippen LogP contribution in [0.5, 0.6) is 0 Å². The van der Waals surface area contributed by atoms with E-state index in [0.717, 1.165) is 0 Å². The molecule has 0 spiro atoms. The second-order valence-electron chi connectivity index (χ2n) is 2.79. The van der Waals surface area contributed by atoms with Crippen molar-refractivity contribution < 1.29 is 23.5 Å². The van der Waals surface area contributed by atoms with E-state index in [9.17, 15) is 9.59 Å². The highest BCUT2D eigenvalue weighted by Gasteiger charge is 2.37. The first-order chi connectivity index (χ1) is 5.89. The molecule has 0 aromatic heterocycles. The summed E-state index contributed by atoms with van der Waals surface area (Å²) >= 11 is 0. The van der Waals surface area contributed by atoms with Crippen molar-refractivity contribution in [2.24, 2.45) is 0 Å². The summed E-state index contributed by atoms with van der Waals surface area (Å²) < 4.78 is 9.77. The Kier molecular flexibility index (Phi) is 4.64. The maximum Gasteiger partial charge on any atom is 0.463 e. The van der Waals surface area contributed by atoms with E-state index in [1.807, 2.05) is 0 Å². The second kappa shape index (κ2) is 4.98. The molecule has 0 bridgehead atoms. The first-order valence-electron chi connectivity index (χ1n) is 3.89. The van der Waals surface area contributed by atoms with E-state index in [1.54, 1.807) is 6.55 Å². The third-order valence-corrected chi connectivity index (χ3v) is 3.86. The van der Waals surface area contributed by atoms with Gasteiger partial charge in [-0.2, -0.15) is 0 Å². The summed E-state index contributed by atoms with van der Waals surface area (Å²) in [6.07, 6.45) is 0. The monoisotopic (exact) mass is 206 g/mol. The molecule has 6 heteroatoms. The number of hydrogen-bond donors (Lipinski definition) is 1. The van der Waals surface area contributed by atoms with Gasteiger partial charge in [0.05, 0.1) is 0 Å². The van der Waals surface area contributed by atoms with Gasteiger partial charge < -0.3 is 14.0 Å². The Labute approximate surface area is 77.9 Å². The Balaban J connectivity index is 4.32. The largest absolute Gasteiger partial charge is 0.485 e. The van der Waals surface area contributed by atoms with Crippen LogP contribution in [0.1, 0.15) is 13.8 Å². The molecule has 0 atom stereocenters. The molecular formula is C7H14O5Si. The number of aliphatic hydroxyl groups is 1. The predicted molar refractivity (Wildman–Crippen MR) is 47.0 cm³/mol. The van der Waals surface area contributed by atoms with Crippen molar-refractivity contribution in [1.82, 2.24) is 0 Å². The van der Waals surface area contributed by atoms with E-state index in [-0.39, 0.29) is 12.7 Å². The van der Waals surface area contributed by atoms with E-state index in [4.69, 9.17) is 14.0 Å². The molecular weight excluding hydrogens is 192 g/mol. The van der Waals surface area contributed by atoms with Crippen molar-refractivity contribution in [3.8, 4) is 0 Å². The summed E-state index contributed by atoms with van der Waals surface area (Å²) in [7, 11) is -2.82. The van der Waals surface area contributed by atoms with Gasteiger partial charge >= 0.3 is 8.56 Å². The van der Waals surface area contributed by atoms with Crippen molar-refractivity contribution in [2.45, 2.75) is 26.4 Å². The third-order valence-electron chi connectivity index (χ3n) is 1.29. The predicted octanol–water partition coefficient (Wildman–Crippen LogP) is 0.177. The zero-order valence-corrected chi connectivity index (χ0v) is 8.99. The Hall–Kier alpha value is -0.883. The Bertz CT molecular complexity index is 187. The quantitative estimate of drug-likeness (QED) is 0.664. The lowest BCUT2D eigenvalue weighted by atomic mass is 10.8. The first-order valence-corrected chi connectivity index (χ1v) is 6.42. The van der Waals surface area contributed by atoms with E-state index in [0.29, 0.717) is 0 Å². The molecule has 0 rings (SSSR count). The van der Waals surface area contributed by atoms with Crippen LogP contribution in [0.4, 0.5) is 0 Å². The molecule has 0 aliphatic rings. The molecule has 0 unspecified atom stereocenters. The zero-order chi connectivity index (χ0) is 10.5. The molecule has 0 saturated carbocycles. The Morgan fingerprint density at radius 3 is 1.85 bits per heavy atom. The van der Waals surface area contributed by atoms with Crippen LogP contribution in [0.25, 0.3) is 0 Å². The summed E-state index contributed by atoms with van der Waals surface area (Å²) in [5.74, 6) is -0.993. The molecule has 0 heterocycles. The highest BCUT2D eigenvalue weighted by Crippen LogP contribution is 2.13. The molecule has 0 aromatic carbocycles. The zero-order valence-electron chi connectivity index (χ0n) is 7.99. The number of hydrogen-bond acceptors (Lipinski definition) is 5. The van der Waals surface area contributed by atoms with Crippen molar-refractivity contribution in [2.75, 3.05) is 6.61 Å². The molecule has 0 aromatic rings. The second-order valence-corrected chi connectivity index (χ2v) is 5.97. The highest BCUT2D eigenvalue weighted by molar-refractivity contribution is 6.69. The van der Waals surface area contributed by atoms with Gasteiger partial charge in [-0.15, -0.1) is 0 Å². The third kappa shape index (κ3) is 5.37. The van der Waals surface area contributed by atoms with Gasteiger partial charge in [-0.3, -0.25) is 9.59 Å². The van der Waals surface area contributed by atoms with Crippen molar-refractivity contribution in [3.63, 3.8) is 0 Å². The molecule has 5 nitrogen and oxygen atoms in total. The maximum atomic E-state index is 10.7. The minimum atomic E-state index is -2.82. The van der Waals surface area contributed by atoms with Crippen LogP contribution in [0.3, 0.4) is 0 Å². The van der Waals surface area contributed by atoms with Gasteiger partial charge in [0.2, 0.25) is 0 Å². The van der Waals surface area contributed by atoms with Crippen molar-refractivity contribution >= 4 is 20.5 Å². The van der Waals surface area contributed by atoms with E-state index in [1.165, 1.54) is 13.8 Å². The van der Waals surface area contributed by atoms with Gasteiger partial charge in [-0.1, -0.05) is 0 Å². The summed E-state index contributed by atoms with van der Waals surface area (Å²) in [4.78, 5) is 21.3. The van der Waals surface area contributed by atoms with Crippen LogP contribution in [0.15, 0.2) is 0 Å². The molecule has 0 saturated heterocycles. The van der Waals surface area contributed by atoms with Crippen molar-refractivity contribution in [3.05, 3.63) is 0 Å². The fourth-order valence-electron chi connectivity index (χ4n) is 0.934. The SMILES string of the molecule is CC(=O)O[Si](C)(CCO)OC(C)=O. The molecule has 0 aliphatic heterocycles. The summed E-state index contributed by atoms with van der Waals surface area (Å²) in [6.45, 7) is 3.88. The fraction of sp³-hybridized carbons (Fsp3) is 0.714. The van der Waals surface area contributed by atoms with Crippen LogP contribution >= 0.6 is 0 Å². The molecule has 0 aliphatic carbocycles. The minimum Gasteiger partial charge on any atom is -0.485 e. The van der Waals surface area contributed by atoms with E-state index < -0.39 is 20.5 Å². The molecule has 0 fully saturated rings. The maximum absolute atomic E-state index is 10.7. The normalized spacial score (nSPS) is 10.8. The molecule has 0 amide bonds. The number of rotatable bonds is 4. The van der Waals surface area contributed by atoms with Crippen LogP contribution in [0.2, 0.25) is 12.6 Å². The summed E-state index contributed by atoms with van der Waals surface area (Å²) in [5.41, 5.74) is 0. The van der Waals surface area contributed by atoms with Crippen LogP contribution in [0, 0.1) is 0 Å². The molecule has 76 valence electrons. The average molecular weight is 206 g/mol. The Morgan fingerprint density at radius 1 is 1.23 bits per heavy atom. The van der Waals surface area contributed by atoms with Gasteiger partial charge in [0.15, 0.2) is 0 Å². The highest BCUT2D eigenvalue weighted by atomic mass is 28.4. The topological polar surface area (TPSA) is 72.8 Å². The number of carbonyl (C=O) groups is 2. The fourth-order valence-corrected chi connectivity index (χ4v) is 2.80. The lowest BCUT2D eigenvalue weighted by Crippen LogP contribution is -2.42. The molecule has 0 radical (unpaired) electrons. The summed E-state index contributed by atoms with van der Waals surface area (Å²) in [6, 6.07) is 0.201. The van der Waals surface area contributed by atoms with Crippen LogP contribution in [-0.4, -0.2) is 32.2 Å². The van der Waals surface area contributed by atoms with E-state index >= 15 is 0 Å². The minimum absolute atomic E-state index is 0.163. The van der Waals surface area contributed by atoms with Gasteiger partial charge in [-0.25, -0.2) is 0 Å². The van der Waals surface area contributed by atoms with Gasteiger partial charge in [0.25, 0.3) is 11.9 Å². The van der Waals surface area contributed by atoms with Crippen molar-refractivity contribution in [1.29, 1.82) is 0 Å². The van der Waals surface area contributed by atoms with Gasteiger partial charge in [-0.05, 0) is 0 Å². The summed E-state index contributed by atoms with van der Waals surface area (Å²) in [5, 5.41) is 8.68.